The minimum atomic E-state index is -1.30. The Kier molecular flexibility index (Phi) is 14.0. The molecule has 1 fully saturated rings. The van der Waals surface area contributed by atoms with Crippen molar-refractivity contribution in [1.82, 2.24) is 0 Å². The summed E-state index contributed by atoms with van der Waals surface area (Å²) in [4.78, 5) is 12.0. The van der Waals surface area contributed by atoms with Crippen LogP contribution in [0.4, 0.5) is 0 Å². The third-order valence-electron chi connectivity index (χ3n) is 7.34. The van der Waals surface area contributed by atoms with Crippen molar-refractivity contribution in [2.45, 2.75) is 89.3 Å². The molecule has 1 aromatic carbocycles. The minimum Gasteiger partial charge on any atom is -0.462 e. The van der Waals surface area contributed by atoms with Gasteiger partial charge < -0.3 is 24.8 Å². The van der Waals surface area contributed by atoms with E-state index in [1.807, 2.05) is 12.1 Å². The zero-order valence-electron chi connectivity index (χ0n) is 22.0. The first-order valence-electron chi connectivity index (χ1n) is 13.5. The number of aliphatic hydroxyl groups excluding tert-OH is 3. The third-order valence-corrected chi connectivity index (χ3v) is 7.34. The van der Waals surface area contributed by atoms with E-state index in [1.165, 1.54) is 69.8 Å². The summed E-state index contributed by atoms with van der Waals surface area (Å²) in [6.45, 7) is 8.57. The molecule has 2 rings (SSSR count). The predicted octanol–water partition coefficient (Wildman–Crippen LogP) is 5.38. The molecular weight excluding hydrogens is 456 g/mol. The van der Waals surface area contributed by atoms with Crippen LogP contribution < -0.4 is 0 Å². The molecule has 3 N–H and O–H groups in total. The van der Waals surface area contributed by atoms with Gasteiger partial charge in [-0.25, -0.2) is 4.79 Å². The molecule has 6 nitrogen and oxygen atoms in total. The molecule has 0 radical (unpaired) electrons. The number of unbranched alkanes of at least 4 members (excludes halogenated alkanes) is 4. The van der Waals surface area contributed by atoms with E-state index in [4.69, 9.17) is 19.7 Å². The number of ether oxygens (including phenoxy) is 2. The number of aliphatic hydroxyl groups is 3. The third kappa shape index (κ3) is 10.2. The first kappa shape index (κ1) is 30.2. The molecule has 0 amide bonds. The highest BCUT2D eigenvalue weighted by atomic mass is 16.6. The summed E-state index contributed by atoms with van der Waals surface area (Å²) in [6.07, 6.45) is 11.9. The smallest absolute Gasteiger partial charge is 0.335 e. The average molecular weight is 503 g/mol. The standard InChI is InChI=1S/C30H46O6/c1-4-5-6-7-8-9-24-10-12-25(13-11-24)26-14-16-27(17-15-26)28(20-35-29(33)22(2)18-31)21-36-30(34)23(3)19-32/h14-17,24-25,28-29,31-33H,2-13,18-21H2,1H3. The molecule has 1 aromatic rings. The van der Waals surface area contributed by atoms with Gasteiger partial charge in [0.25, 0.3) is 0 Å². The molecule has 1 aliphatic rings. The zero-order chi connectivity index (χ0) is 26.3. The van der Waals surface area contributed by atoms with Gasteiger partial charge in [-0.1, -0.05) is 82.9 Å². The molecule has 2 atom stereocenters. The Labute approximate surface area is 217 Å². The average Bonchev–Trinajstić information content (AvgIpc) is 2.92. The number of hydrogen-bond donors (Lipinski definition) is 3. The second kappa shape index (κ2) is 16.7. The van der Waals surface area contributed by atoms with Gasteiger partial charge >= 0.3 is 5.97 Å². The zero-order valence-corrected chi connectivity index (χ0v) is 22.0. The fourth-order valence-corrected chi connectivity index (χ4v) is 4.85. The van der Waals surface area contributed by atoms with E-state index in [-0.39, 0.29) is 36.9 Å². The Bertz CT molecular complexity index is 794. The van der Waals surface area contributed by atoms with E-state index >= 15 is 0 Å². The first-order chi connectivity index (χ1) is 17.4. The Morgan fingerprint density at radius 3 is 2.25 bits per heavy atom. The maximum Gasteiger partial charge on any atom is 0.335 e. The van der Waals surface area contributed by atoms with Gasteiger partial charge in [0.05, 0.1) is 25.4 Å². The van der Waals surface area contributed by atoms with Crippen molar-refractivity contribution in [2.75, 3.05) is 26.4 Å². The molecule has 0 heterocycles. The van der Waals surface area contributed by atoms with Gasteiger partial charge in [0.1, 0.15) is 6.61 Å². The van der Waals surface area contributed by atoms with Crippen molar-refractivity contribution in [3.63, 3.8) is 0 Å². The highest BCUT2D eigenvalue weighted by Crippen LogP contribution is 2.38. The first-order valence-corrected chi connectivity index (χ1v) is 13.5. The quantitative estimate of drug-likeness (QED) is 0.0870. The normalized spacial score (nSPS) is 19.4. The lowest BCUT2D eigenvalue weighted by molar-refractivity contribution is -0.141. The molecule has 2 unspecified atom stereocenters. The summed E-state index contributed by atoms with van der Waals surface area (Å²) in [5, 5.41) is 28.3. The number of carbonyl (C=O) groups excluding carboxylic acids is 1. The Hall–Kier alpha value is -1.99. The summed E-state index contributed by atoms with van der Waals surface area (Å²) in [7, 11) is 0. The monoisotopic (exact) mass is 502 g/mol. The number of rotatable bonds is 17. The van der Waals surface area contributed by atoms with Gasteiger partial charge in [0.2, 0.25) is 0 Å². The van der Waals surface area contributed by atoms with E-state index in [2.05, 4.69) is 32.2 Å². The van der Waals surface area contributed by atoms with Crippen LogP contribution in [-0.4, -0.2) is 54.0 Å². The Balaban J connectivity index is 1.93. The van der Waals surface area contributed by atoms with Crippen LogP contribution in [0.5, 0.6) is 0 Å². The second-order valence-corrected chi connectivity index (χ2v) is 10.1. The summed E-state index contributed by atoms with van der Waals surface area (Å²) in [6, 6.07) is 8.36. The summed E-state index contributed by atoms with van der Waals surface area (Å²) in [5.74, 6) is 0.443. The van der Waals surface area contributed by atoms with Gasteiger partial charge in [-0.2, -0.15) is 0 Å². The maximum absolute atomic E-state index is 12.0. The van der Waals surface area contributed by atoms with E-state index in [9.17, 15) is 9.90 Å². The highest BCUT2D eigenvalue weighted by Gasteiger charge is 2.23. The van der Waals surface area contributed by atoms with E-state index in [0.29, 0.717) is 5.92 Å². The SMILES string of the molecule is C=C(CO)C(=O)OCC(COC(O)C(=C)CO)c1ccc(C2CCC(CCCCCCC)CC2)cc1. The van der Waals surface area contributed by atoms with Crippen LogP contribution in [0.25, 0.3) is 0 Å². The summed E-state index contributed by atoms with van der Waals surface area (Å²) in [5.41, 5.74) is 2.39. The van der Waals surface area contributed by atoms with Crippen LogP contribution >= 0.6 is 0 Å². The van der Waals surface area contributed by atoms with Crippen LogP contribution in [-0.2, 0) is 14.3 Å². The van der Waals surface area contributed by atoms with Gasteiger partial charge in [-0.3, -0.25) is 0 Å². The molecule has 0 saturated heterocycles. The molecule has 6 heteroatoms. The van der Waals surface area contributed by atoms with Crippen molar-refractivity contribution in [2.24, 2.45) is 5.92 Å². The van der Waals surface area contributed by atoms with E-state index in [1.54, 1.807) is 0 Å². The van der Waals surface area contributed by atoms with Crippen LogP contribution in [0.15, 0.2) is 48.6 Å². The fraction of sp³-hybridized carbons (Fsp3) is 0.633. The Morgan fingerprint density at radius 2 is 1.64 bits per heavy atom. The van der Waals surface area contributed by atoms with Crippen LogP contribution in [0, 0.1) is 5.92 Å². The van der Waals surface area contributed by atoms with Crippen LogP contribution in [0.3, 0.4) is 0 Å². The van der Waals surface area contributed by atoms with Crippen molar-refractivity contribution in [3.8, 4) is 0 Å². The largest absolute Gasteiger partial charge is 0.462 e. The highest BCUT2D eigenvalue weighted by molar-refractivity contribution is 5.87. The lowest BCUT2D eigenvalue weighted by atomic mass is 9.77. The maximum atomic E-state index is 12.0. The molecule has 1 aliphatic carbocycles. The lowest BCUT2D eigenvalue weighted by Gasteiger charge is -2.29. The second-order valence-electron chi connectivity index (χ2n) is 10.1. The number of carbonyl (C=O) groups is 1. The van der Waals surface area contributed by atoms with Crippen molar-refractivity contribution < 1.29 is 29.6 Å². The van der Waals surface area contributed by atoms with Gasteiger partial charge in [0.15, 0.2) is 6.29 Å². The Morgan fingerprint density at radius 1 is 0.972 bits per heavy atom. The molecule has 0 aromatic heterocycles. The number of benzene rings is 1. The molecule has 36 heavy (non-hydrogen) atoms. The topological polar surface area (TPSA) is 96.2 Å². The van der Waals surface area contributed by atoms with Crippen LogP contribution in [0.2, 0.25) is 0 Å². The molecule has 1 saturated carbocycles. The van der Waals surface area contributed by atoms with E-state index in [0.717, 1.165) is 11.5 Å². The van der Waals surface area contributed by atoms with Crippen molar-refractivity contribution in [3.05, 3.63) is 59.7 Å². The van der Waals surface area contributed by atoms with Crippen molar-refractivity contribution >= 4 is 5.97 Å². The number of esters is 1. The molecule has 0 aliphatic heterocycles. The molecule has 202 valence electrons. The van der Waals surface area contributed by atoms with Crippen LogP contribution in [0.1, 0.15) is 94.1 Å². The number of hydrogen-bond acceptors (Lipinski definition) is 6. The summed E-state index contributed by atoms with van der Waals surface area (Å²) < 4.78 is 10.8. The fourth-order valence-electron chi connectivity index (χ4n) is 4.85. The van der Waals surface area contributed by atoms with Gasteiger partial charge in [-0.15, -0.1) is 0 Å². The van der Waals surface area contributed by atoms with E-state index < -0.39 is 18.9 Å². The molecule has 0 spiro atoms. The predicted molar refractivity (Wildman–Crippen MR) is 143 cm³/mol. The van der Waals surface area contributed by atoms with Gasteiger partial charge in [-0.05, 0) is 48.6 Å². The summed E-state index contributed by atoms with van der Waals surface area (Å²) >= 11 is 0. The molecule has 0 bridgehead atoms. The van der Waals surface area contributed by atoms with Crippen molar-refractivity contribution in [1.29, 1.82) is 0 Å². The lowest BCUT2D eigenvalue weighted by Crippen LogP contribution is -2.24. The minimum absolute atomic E-state index is 0.0128. The van der Waals surface area contributed by atoms with Gasteiger partial charge in [0, 0.05) is 11.5 Å². The molecular formula is C30H46O6.